The molecule has 3 aromatic rings. The molecule has 2 aliphatic heterocycles. The average molecular weight is 463 g/mol. The fourth-order valence-corrected chi connectivity index (χ4v) is 4.06. The van der Waals surface area contributed by atoms with Crippen LogP contribution in [0.1, 0.15) is 17.9 Å². The molecule has 176 valence electrons. The van der Waals surface area contributed by atoms with Gasteiger partial charge in [0.2, 0.25) is 23.8 Å². The van der Waals surface area contributed by atoms with Crippen molar-refractivity contribution >= 4 is 11.8 Å². The summed E-state index contributed by atoms with van der Waals surface area (Å²) in [6, 6.07) is 15.2. The lowest BCUT2D eigenvalue weighted by Crippen LogP contribution is -2.55. The van der Waals surface area contributed by atoms with E-state index < -0.39 is 6.10 Å². The van der Waals surface area contributed by atoms with Gasteiger partial charge in [-0.1, -0.05) is 29.8 Å². The molecule has 0 aliphatic carbocycles. The molecule has 1 fully saturated rings. The van der Waals surface area contributed by atoms with E-state index in [1.54, 1.807) is 15.9 Å². The Morgan fingerprint density at radius 2 is 1.65 bits per heavy atom. The van der Waals surface area contributed by atoms with Crippen molar-refractivity contribution in [3.05, 3.63) is 60.0 Å². The van der Waals surface area contributed by atoms with Crippen molar-refractivity contribution < 1.29 is 23.5 Å². The van der Waals surface area contributed by atoms with Gasteiger partial charge in [0.25, 0.3) is 5.91 Å². The third-order valence-electron chi connectivity index (χ3n) is 6.05. The summed E-state index contributed by atoms with van der Waals surface area (Å²) < 4.78 is 17.2. The maximum atomic E-state index is 12.9. The highest BCUT2D eigenvalue weighted by atomic mass is 16.6. The van der Waals surface area contributed by atoms with Crippen LogP contribution in [0.4, 0.5) is 0 Å². The second kappa shape index (κ2) is 9.54. The first-order valence-electron chi connectivity index (χ1n) is 11.4. The maximum Gasteiger partial charge on any atom is 0.267 e. The number of para-hydroxylation sites is 2. The predicted octanol–water partition coefficient (Wildman–Crippen LogP) is 2.49. The van der Waals surface area contributed by atoms with Crippen LogP contribution in [0.15, 0.2) is 52.9 Å². The molecule has 0 radical (unpaired) electrons. The molecule has 1 aromatic heterocycles. The first-order chi connectivity index (χ1) is 16.6. The first-order valence-corrected chi connectivity index (χ1v) is 11.4. The number of ether oxygens (including phenoxy) is 2. The summed E-state index contributed by atoms with van der Waals surface area (Å²) in [6.07, 6.45) is -0.0130. The van der Waals surface area contributed by atoms with Crippen LogP contribution in [0.2, 0.25) is 0 Å². The van der Waals surface area contributed by atoms with Gasteiger partial charge in [-0.2, -0.15) is 0 Å². The van der Waals surface area contributed by atoms with E-state index in [4.69, 9.17) is 13.9 Å². The van der Waals surface area contributed by atoms with Gasteiger partial charge < -0.3 is 23.7 Å². The quantitative estimate of drug-likeness (QED) is 0.575. The van der Waals surface area contributed by atoms with Crippen LogP contribution in [-0.2, 0) is 16.0 Å². The van der Waals surface area contributed by atoms with Gasteiger partial charge >= 0.3 is 0 Å². The van der Waals surface area contributed by atoms with Gasteiger partial charge in [-0.25, -0.2) is 0 Å². The molecular formula is C25H26N4O5. The Hall–Kier alpha value is -3.88. The van der Waals surface area contributed by atoms with Crippen molar-refractivity contribution in [2.45, 2.75) is 25.9 Å². The highest BCUT2D eigenvalue weighted by Gasteiger charge is 2.33. The molecule has 3 heterocycles. The van der Waals surface area contributed by atoms with Gasteiger partial charge in [-0.15, -0.1) is 10.2 Å². The molecule has 2 amide bonds. The molecule has 1 saturated heterocycles. The number of benzene rings is 2. The monoisotopic (exact) mass is 462 g/mol. The van der Waals surface area contributed by atoms with Gasteiger partial charge in [-0.05, 0) is 31.2 Å². The molecule has 34 heavy (non-hydrogen) atoms. The van der Waals surface area contributed by atoms with E-state index in [0.717, 1.165) is 11.1 Å². The molecule has 1 atom stereocenters. The smallest absolute Gasteiger partial charge is 0.267 e. The molecule has 1 unspecified atom stereocenters. The van der Waals surface area contributed by atoms with Crippen molar-refractivity contribution in [1.29, 1.82) is 0 Å². The van der Waals surface area contributed by atoms with E-state index in [9.17, 15) is 9.59 Å². The number of aryl methyl sites for hydroxylation is 2. The average Bonchev–Trinajstić information content (AvgIpc) is 3.36. The minimum absolute atomic E-state index is 0.00774. The number of hydrogen-bond donors (Lipinski definition) is 0. The molecule has 0 N–H and O–H groups in total. The Morgan fingerprint density at radius 3 is 2.41 bits per heavy atom. The lowest BCUT2D eigenvalue weighted by atomic mass is 10.1. The summed E-state index contributed by atoms with van der Waals surface area (Å²) in [6.45, 7) is 4.08. The number of nitrogens with zero attached hydrogens (tertiary/aromatic N) is 4. The highest BCUT2D eigenvalue weighted by Crippen LogP contribution is 2.31. The summed E-state index contributed by atoms with van der Waals surface area (Å²) in [5.41, 5.74) is 2.01. The summed E-state index contributed by atoms with van der Waals surface area (Å²) in [5, 5.41) is 8.16. The van der Waals surface area contributed by atoms with E-state index in [2.05, 4.69) is 10.2 Å². The van der Waals surface area contributed by atoms with Crippen molar-refractivity contribution in [1.82, 2.24) is 20.0 Å². The molecule has 5 rings (SSSR count). The zero-order valence-electron chi connectivity index (χ0n) is 19.0. The molecule has 9 heteroatoms. The zero-order chi connectivity index (χ0) is 23.5. The number of fused-ring (bicyclic) bond motifs is 1. The SMILES string of the molecule is Cc1ccc(-c2nnc(CCC(=O)N3CCN(C(=O)C4COc5ccccc5O4)CC3)o2)cc1. The molecule has 9 nitrogen and oxygen atoms in total. The number of aromatic nitrogens is 2. The van der Waals surface area contributed by atoms with Crippen LogP contribution in [0, 0.1) is 6.92 Å². The minimum atomic E-state index is -0.669. The molecule has 0 bridgehead atoms. The van der Waals surface area contributed by atoms with Crippen molar-refractivity contribution in [2.75, 3.05) is 32.8 Å². The normalized spacial score (nSPS) is 17.5. The van der Waals surface area contributed by atoms with E-state index in [1.807, 2.05) is 49.4 Å². The van der Waals surface area contributed by atoms with Crippen LogP contribution in [0.5, 0.6) is 11.5 Å². The minimum Gasteiger partial charge on any atom is -0.485 e. The van der Waals surface area contributed by atoms with Crippen LogP contribution < -0.4 is 9.47 Å². The van der Waals surface area contributed by atoms with E-state index in [0.29, 0.717) is 55.9 Å². The Morgan fingerprint density at radius 1 is 0.941 bits per heavy atom. The van der Waals surface area contributed by atoms with Gasteiger partial charge in [-0.3, -0.25) is 9.59 Å². The highest BCUT2D eigenvalue weighted by molar-refractivity contribution is 5.82. The lowest BCUT2D eigenvalue weighted by molar-refractivity contribution is -0.146. The third kappa shape index (κ3) is 4.73. The Labute approximate surface area is 197 Å². The fourth-order valence-electron chi connectivity index (χ4n) is 4.06. The van der Waals surface area contributed by atoms with Crippen LogP contribution >= 0.6 is 0 Å². The van der Waals surface area contributed by atoms with E-state index >= 15 is 0 Å². The lowest BCUT2D eigenvalue weighted by Gasteiger charge is -2.37. The number of rotatable bonds is 5. The fraction of sp³-hybridized carbons (Fsp3) is 0.360. The summed E-state index contributed by atoms with van der Waals surface area (Å²) in [7, 11) is 0. The van der Waals surface area contributed by atoms with E-state index in [-0.39, 0.29) is 24.8 Å². The number of amides is 2. The Bertz CT molecular complexity index is 1170. The standard InChI is InChI=1S/C25H26N4O5/c1-17-6-8-18(9-7-17)24-27-26-22(34-24)10-11-23(30)28-12-14-29(15-13-28)25(31)21-16-32-19-4-2-3-5-20(19)33-21/h2-9,21H,10-16H2,1H3. The largest absolute Gasteiger partial charge is 0.485 e. The third-order valence-corrected chi connectivity index (χ3v) is 6.05. The molecule has 2 aromatic carbocycles. The Kier molecular flexibility index (Phi) is 6.16. The van der Waals surface area contributed by atoms with E-state index in [1.165, 1.54) is 0 Å². The maximum absolute atomic E-state index is 12.9. The number of carbonyl (C=O) groups excluding carboxylic acids is 2. The summed E-state index contributed by atoms with van der Waals surface area (Å²) >= 11 is 0. The number of carbonyl (C=O) groups is 2. The topological polar surface area (TPSA) is 98.0 Å². The van der Waals surface area contributed by atoms with Gasteiger partial charge in [0.1, 0.15) is 6.61 Å². The van der Waals surface area contributed by atoms with Crippen molar-refractivity contribution in [3.8, 4) is 23.0 Å². The van der Waals surface area contributed by atoms with Crippen molar-refractivity contribution in [2.24, 2.45) is 0 Å². The molecule has 0 saturated carbocycles. The first kappa shape index (κ1) is 21.9. The molecule has 0 spiro atoms. The van der Waals surface area contributed by atoms with Gasteiger partial charge in [0, 0.05) is 44.6 Å². The van der Waals surface area contributed by atoms with Gasteiger partial charge in [0.15, 0.2) is 11.5 Å². The summed E-state index contributed by atoms with van der Waals surface area (Å²) in [5.74, 6) is 2.00. The predicted molar refractivity (Wildman–Crippen MR) is 122 cm³/mol. The number of hydrogen-bond acceptors (Lipinski definition) is 7. The van der Waals surface area contributed by atoms with Crippen LogP contribution in [-0.4, -0.2) is 70.7 Å². The zero-order valence-corrected chi connectivity index (χ0v) is 19.0. The van der Waals surface area contributed by atoms with Crippen LogP contribution in [0.25, 0.3) is 11.5 Å². The second-order valence-corrected chi connectivity index (χ2v) is 8.44. The molecular weight excluding hydrogens is 436 g/mol. The second-order valence-electron chi connectivity index (χ2n) is 8.44. The van der Waals surface area contributed by atoms with Crippen molar-refractivity contribution in [3.63, 3.8) is 0 Å². The van der Waals surface area contributed by atoms with Gasteiger partial charge in [0.05, 0.1) is 0 Å². The van der Waals surface area contributed by atoms with Crippen LogP contribution in [0.3, 0.4) is 0 Å². The molecule has 2 aliphatic rings. The number of piperazine rings is 1. The summed E-state index contributed by atoms with van der Waals surface area (Å²) in [4.78, 5) is 29.1. The Balaban J connectivity index is 1.09.